The average molecular weight is 481 g/mol. The number of hydrogen-bond donors (Lipinski definition) is 1. The van der Waals surface area contributed by atoms with E-state index in [-0.39, 0.29) is 6.54 Å². The Hall–Kier alpha value is -3.91. The quantitative estimate of drug-likeness (QED) is 0.391. The maximum absolute atomic E-state index is 12.3. The number of anilines is 1. The largest absolute Gasteiger partial charge is 0.452 e. The van der Waals surface area contributed by atoms with Crippen molar-refractivity contribution in [3.63, 3.8) is 0 Å². The summed E-state index contributed by atoms with van der Waals surface area (Å²) in [5, 5.41) is 7.55. The number of carbonyl (C=O) groups is 3. The molecule has 0 atom stereocenters. The minimum Gasteiger partial charge on any atom is -0.452 e. The summed E-state index contributed by atoms with van der Waals surface area (Å²) in [5.74, 6) is -1.61. The zero-order chi connectivity index (χ0) is 24.7. The highest BCUT2D eigenvalue weighted by molar-refractivity contribution is 6.33. The van der Waals surface area contributed by atoms with Crippen LogP contribution in [0.15, 0.2) is 60.7 Å². The smallest absolute Gasteiger partial charge is 0.331 e. The van der Waals surface area contributed by atoms with E-state index >= 15 is 0 Å². The predicted octanol–water partition coefficient (Wildman–Crippen LogP) is 3.80. The summed E-state index contributed by atoms with van der Waals surface area (Å²) in [6.45, 7) is 3.06. The van der Waals surface area contributed by atoms with Crippen molar-refractivity contribution in [1.82, 2.24) is 14.7 Å². The van der Waals surface area contributed by atoms with Crippen molar-refractivity contribution in [2.24, 2.45) is 0 Å². The van der Waals surface area contributed by atoms with Crippen LogP contribution in [0.3, 0.4) is 0 Å². The molecule has 3 aromatic rings. The summed E-state index contributed by atoms with van der Waals surface area (Å²) in [6.07, 6.45) is 2.87. The number of hydrogen-bond acceptors (Lipinski definition) is 5. The highest BCUT2D eigenvalue weighted by atomic mass is 35.5. The summed E-state index contributed by atoms with van der Waals surface area (Å²) in [4.78, 5) is 37.7. The van der Waals surface area contributed by atoms with Crippen LogP contribution in [0.25, 0.3) is 11.8 Å². The molecule has 0 bridgehead atoms. The van der Waals surface area contributed by atoms with Gasteiger partial charge in [-0.3, -0.25) is 9.59 Å². The Balaban J connectivity index is 1.52. The predicted molar refractivity (Wildman–Crippen MR) is 131 cm³/mol. The molecule has 0 saturated heterocycles. The number of amides is 2. The number of aryl methyl sites for hydroxylation is 1. The van der Waals surface area contributed by atoms with Gasteiger partial charge in [-0.1, -0.05) is 41.9 Å². The third-order valence-electron chi connectivity index (χ3n) is 5.03. The van der Waals surface area contributed by atoms with E-state index in [9.17, 15) is 14.4 Å². The molecule has 8 nitrogen and oxygen atoms in total. The SMILES string of the molecule is Cc1nn(-c2ccccc2)c(C)c1/C=C/C(=O)OCC(=O)N(C)CC(=O)Nc1ccccc1Cl. The summed E-state index contributed by atoms with van der Waals surface area (Å²) in [7, 11) is 1.45. The lowest BCUT2D eigenvalue weighted by molar-refractivity contribution is -0.148. The molecule has 0 spiro atoms. The lowest BCUT2D eigenvalue weighted by atomic mass is 10.2. The van der Waals surface area contributed by atoms with E-state index in [0.29, 0.717) is 10.7 Å². The Morgan fingerprint density at radius 1 is 1.09 bits per heavy atom. The minimum atomic E-state index is -0.673. The van der Waals surface area contributed by atoms with Gasteiger partial charge in [-0.2, -0.15) is 5.10 Å². The lowest BCUT2D eigenvalue weighted by Crippen LogP contribution is -2.37. The molecule has 1 N–H and O–H groups in total. The van der Waals surface area contributed by atoms with Crippen molar-refractivity contribution in [2.45, 2.75) is 13.8 Å². The molecular formula is C25H25ClN4O4. The van der Waals surface area contributed by atoms with Crippen LogP contribution >= 0.6 is 11.6 Å². The van der Waals surface area contributed by atoms with Crippen LogP contribution in [0.5, 0.6) is 0 Å². The summed E-state index contributed by atoms with van der Waals surface area (Å²) < 4.78 is 6.84. The van der Waals surface area contributed by atoms with E-state index in [2.05, 4.69) is 10.4 Å². The number of aromatic nitrogens is 2. The van der Waals surface area contributed by atoms with E-state index < -0.39 is 24.4 Å². The molecule has 0 aliphatic rings. The molecule has 1 aromatic heterocycles. The zero-order valence-electron chi connectivity index (χ0n) is 19.1. The molecule has 2 amide bonds. The number of esters is 1. The van der Waals surface area contributed by atoms with Crippen molar-refractivity contribution in [1.29, 1.82) is 0 Å². The first-order valence-electron chi connectivity index (χ1n) is 10.5. The van der Waals surface area contributed by atoms with Gasteiger partial charge >= 0.3 is 5.97 Å². The minimum absolute atomic E-state index is 0.214. The van der Waals surface area contributed by atoms with Gasteiger partial charge in [-0.15, -0.1) is 0 Å². The maximum Gasteiger partial charge on any atom is 0.331 e. The number of nitrogens with one attached hydrogen (secondary N) is 1. The summed E-state index contributed by atoms with van der Waals surface area (Å²) >= 11 is 6.01. The third-order valence-corrected chi connectivity index (χ3v) is 5.36. The molecule has 2 aromatic carbocycles. The van der Waals surface area contributed by atoms with Gasteiger partial charge in [0.15, 0.2) is 6.61 Å². The molecule has 9 heteroatoms. The fourth-order valence-corrected chi connectivity index (χ4v) is 3.40. The van der Waals surface area contributed by atoms with Crippen LogP contribution in [0.2, 0.25) is 5.02 Å². The molecule has 3 rings (SSSR count). The molecule has 0 aliphatic heterocycles. The fraction of sp³-hybridized carbons (Fsp3) is 0.200. The van der Waals surface area contributed by atoms with Crippen LogP contribution in [-0.2, 0) is 19.1 Å². The number of nitrogens with zero attached hydrogens (tertiary/aromatic N) is 3. The second-order valence-electron chi connectivity index (χ2n) is 7.55. The maximum atomic E-state index is 12.3. The average Bonchev–Trinajstić information content (AvgIpc) is 3.11. The fourth-order valence-electron chi connectivity index (χ4n) is 3.21. The van der Waals surface area contributed by atoms with Crippen LogP contribution < -0.4 is 5.32 Å². The zero-order valence-corrected chi connectivity index (χ0v) is 19.9. The van der Waals surface area contributed by atoms with Gasteiger partial charge in [-0.25, -0.2) is 9.48 Å². The summed E-state index contributed by atoms with van der Waals surface area (Å²) in [6, 6.07) is 16.4. The Morgan fingerprint density at radius 2 is 1.76 bits per heavy atom. The van der Waals surface area contributed by atoms with Gasteiger partial charge in [0, 0.05) is 24.4 Å². The van der Waals surface area contributed by atoms with Crippen molar-refractivity contribution >= 4 is 41.1 Å². The van der Waals surface area contributed by atoms with Gasteiger partial charge in [-0.05, 0) is 44.2 Å². The molecule has 0 unspecified atom stereocenters. The molecule has 176 valence electrons. The Bertz CT molecular complexity index is 1220. The van der Waals surface area contributed by atoms with Gasteiger partial charge < -0.3 is 15.0 Å². The normalized spacial score (nSPS) is 10.8. The first-order chi connectivity index (χ1) is 16.3. The van der Waals surface area contributed by atoms with E-state index in [1.165, 1.54) is 18.0 Å². The molecule has 1 heterocycles. The first-order valence-corrected chi connectivity index (χ1v) is 10.9. The number of rotatable bonds is 8. The summed E-state index contributed by atoms with van der Waals surface area (Å²) in [5.41, 5.74) is 3.78. The molecule has 0 saturated carbocycles. The van der Waals surface area contributed by atoms with Crippen LogP contribution in [0, 0.1) is 13.8 Å². The molecule has 0 aliphatic carbocycles. The van der Waals surface area contributed by atoms with E-state index in [1.54, 1.807) is 35.0 Å². The standard InChI is InChI=1S/C25H25ClN4O4/c1-17-20(18(2)30(28-17)19-9-5-4-6-10-19)13-14-25(33)34-16-24(32)29(3)15-23(31)27-22-12-8-7-11-21(22)26/h4-14H,15-16H2,1-3H3,(H,27,31)/b14-13+. The van der Waals surface area contributed by atoms with Crippen LogP contribution in [-0.4, -0.2) is 52.7 Å². The van der Waals surface area contributed by atoms with Crippen molar-refractivity contribution in [2.75, 3.05) is 25.5 Å². The molecule has 34 heavy (non-hydrogen) atoms. The second kappa shape index (κ2) is 11.3. The highest BCUT2D eigenvalue weighted by Crippen LogP contribution is 2.20. The van der Waals surface area contributed by atoms with E-state index in [1.807, 2.05) is 44.2 Å². The molecule has 0 fully saturated rings. The number of carbonyl (C=O) groups excluding carboxylic acids is 3. The number of ether oxygens (including phenoxy) is 1. The van der Waals surface area contributed by atoms with Gasteiger partial charge in [0.2, 0.25) is 5.91 Å². The van der Waals surface area contributed by atoms with Gasteiger partial charge in [0.05, 0.1) is 28.6 Å². The Kier molecular flexibility index (Phi) is 8.21. The highest BCUT2D eigenvalue weighted by Gasteiger charge is 2.16. The molecule has 0 radical (unpaired) electrons. The Labute approximate surface area is 202 Å². The molecular weight excluding hydrogens is 456 g/mol. The number of likely N-dealkylation sites (N-methyl/N-ethyl adjacent to an activating group) is 1. The van der Waals surface area contributed by atoms with Crippen LogP contribution in [0.4, 0.5) is 5.69 Å². The van der Waals surface area contributed by atoms with Crippen LogP contribution in [0.1, 0.15) is 17.0 Å². The third kappa shape index (κ3) is 6.32. The number of benzene rings is 2. The monoisotopic (exact) mass is 480 g/mol. The topological polar surface area (TPSA) is 93.5 Å². The lowest BCUT2D eigenvalue weighted by Gasteiger charge is -2.16. The van der Waals surface area contributed by atoms with Gasteiger partial charge in [0.25, 0.3) is 5.91 Å². The second-order valence-corrected chi connectivity index (χ2v) is 7.96. The van der Waals surface area contributed by atoms with Crippen molar-refractivity contribution in [3.05, 3.63) is 82.6 Å². The van der Waals surface area contributed by atoms with E-state index in [4.69, 9.17) is 16.3 Å². The first kappa shape index (κ1) is 24.7. The van der Waals surface area contributed by atoms with E-state index in [0.717, 1.165) is 22.6 Å². The van der Waals surface area contributed by atoms with Crippen molar-refractivity contribution in [3.8, 4) is 5.69 Å². The Morgan fingerprint density at radius 3 is 2.47 bits per heavy atom. The van der Waals surface area contributed by atoms with Gasteiger partial charge in [0.1, 0.15) is 0 Å². The number of halogens is 1. The number of para-hydroxylation sites is 2. The van der Waals surface area contributed by atoms with Crippen molar-refractivity contribution < 1.29 is 19.1 Å².